The number of nitrogens with zero attached hydrogens (tertiary/aromatic N) is 1. The van der Waals surface area contributed by atoms with Crippen LogP contribution in [0.15, 0.2) is 24.3 Å². The summed E-state index contributed by atoms with van der Waals surface area (Å²) in [6.07, 6.45) is 2.47. The van der Waals surface area contributed by atoms with Crippen LogP contribution in [-0.4, -0.2) is 42.5 Å². The van der Waals surface area contributed by atoms with E-state index in [-0.39, 0.29) is 42.8 Å². The molecule has 7 heteroatoms. The Morgan fingerprint density at radius 2 is 2.00 bits per heavy atom. The van der Waals surface area contributed by atoms with Crippen LogP contribution in [0.1, 0.15) is 33.1 Å². The normalized spacial score (nSPS) is 19.0. The maximum absolute atomic E-state index is 12.2. The van der Waals surface area contributed by atoms with Crippen LogP contribution in [0.3, 0.4) is 0 Å². The van der Waals surface area contributed by atoms with Gasteiger partial charge in [-0.1, -0.05) is 6.07 Å². The molecule has 1 saturated carbocycles. The van der Waals surface area contributed by atoms with E-state index in [1.54, 1.807) is 23.1 Å². The summed E-state index contributed by atoms with van der Waals surface area (Å²) in [4.78, 5) is 25.9. The zero-order valence-electron chi connectivity index (χ0n) is 14.9. The van der Waals surface area contributed by atoms with Crippen molar-refractivity contribution in [3.05, 3.63) is 24.3 Å². The highest BCUT2D eigenvalue weighted by atomic mass is 35.5. The molecule has 1 aromatic rings. The van der Waals surface area contributed by atoms with Gasteiger partial charge in [0.05, 0.1) is 0 Å². The highest BCUT2D eigenvalue weighted by molar-refractivity contribution is 5.93. The monoisotopic (exact) mass is 369 g/mol. The number of nitrogens with two attached hydrogens (primary N) is 1. The molecule has 25 heavy (non-hydrogen) atoms. The van der Waals surface area contributed by atoms with E-state index in [1.165, 1.54) is 0 Å². The van der Waals surface area contributed by atoms with Gasteiger partial charge in [-0.3, -0.25) is 9.59 Å². The number of rotatable bonds is 7. The van der Waals surface area contributed by atoms with Gasteiger partial charge in [-0.25, -0.2) is 0 Å². The van der Waals surface area contributed by atoms with Crippen molar-refractivity contribution in [2.75, 3.05) is 25.0 Å². The van der Waals surface area contributed by atoms with Gasteiger partial charge in [0.2, 0.25) is 5.91 Å². The van der Waals surface area contributed by atoms with Crippen LogP contribution in [0, 0.1) is 5.92 Å². The lowest BCUT2D eigenvalue weighted by Gasteiger charge is -2.18. The van der Waals surface area contributed by atoms with Crippen molar-refractivity contribution < 1.29 is 14.3 Å². The van der Waals surface area contributed by atoms with Crippen molar-refractivity contribution in [3.8, 4) is 5.75 Å². The number of halogens is 1. The van der Waals surface area contributed by atoms with Crippen LogP contribution in [-0.2, 0) is 9.59 Å². The number of carbonyl (C=O) groups excluding carboxylic acids is 2. The van der Waals surface area contributed by atoms with Crippen LogP contribution in [0.2, 0.25) is 0 Å². The summed E-state index contributed by atoms with van der Waals surface area (Å²) in [5, 5.41) is 2.91. The Kier molecular flexibility index (Phi) is 8.72. The number of benzene rings is 1. The molecule has 0 bridgehead atoms. The average molecular weight is 370 g/mol. The zero-order chi connectivity index (χ0) is 17.5. The maximum atomic E-state index is 12.2. The van der Waals surface area contributed by atoms with Gasteiger partial charge in [0.25, 0.3) is 5.91 Å². The topological polar surface area (TPSA) is 84.7 Å². The van der Waals surface area contributed by atoms with Gasteiger partial charge in [0.1, 0.15) is 5.75 Å². The van der Waals surface area contributed by atoms with E-state index in [9.17, 15) is 9.59 Å². The predicted octanol–water partition coefficient (Wildman–Crippen LogP) is 2.42. The molecule has 2 rings (SSSR count). The minimum atomic E-state index is -0.0469. The molecule has 0 heterocycles. The molecule has 0 radical (unpaired) electrons. The highest BCUT2D eigenvalue weighted by Crippen LogP contribution is 2.26. The molecule has 6 nitrogen and oxygen atoms in total. The van der Waals surface area contributed by atoms with Gasteiger partial charge in [-0.15, -0.1) is 12.4 Å². The van der Waals surface area contributed by atoms with Crippen molar-refractivity contribution >= 4 is 29.9 Å². The molecule has 1 aliphatic rings. The summed E-state index contributed by atoms with van der Waals surface area (Å²) < 4.78 is 5.55. The van der Waals surface area contributed by atoms with Crippen LogP contribution in [0.5, 0.6) is 5.75 Å². The first-order chi connectivity index (χ1) is 11.5. The molecule has 2 atom stereocenters. The number of carbonyl (C=O) groups is 2. The van der Waals surface area contributed by atoms with Crippen molar-refractivity contribution in [2.45, 2.75) is 39.2 Å². The number of hydrogen-bond donors (Lipinski definition) is 2. The van der Waals surface area contributed by atoms with E-state index in [1.807, 2.05) is 19.9 Å². The van der Waals surface area contributed by atoms with Crippen molar-refractivity contribution in [1.29, 1.82) is 0 Å². The second-order valence-electron chi connectivity index (χ2n) is 6.14. The van der Waals surface area contributed by atoms with Gasteiger partial charge in [0.15, 0.2) is 6.61 Å². The molecule has 3 N–H and O–H groups in total. The van der Waals surface area contributed by atoms with Crippen LogP contribution in [0.4, 0.5) is 5.69 Å². The van der Waals surface area contributed by atoms with Gasteiger partial charge in [0, 0.05) is 36.8 Å². The molecule has 1 aliphatic carbocycles. The molecule has 0 saturated heterocycles. The Balaban J connectivity index is 0.00000312. The van der Waals surface area contributed by atoms with E-state index in [4.69, 9.17) is 10.5 Å². The molecule has 2 unspecified atom stereocenters. The first-order valence-corrected chi connectivity index (χ1v) is 8.60. The van der Waals surface area contributed by atoms with Gasteiger partial charge >= 0.3 is 0 Å². The Morgan fingerprint density at radius 3 is 2.60 bits per heavy atom. The maximum Gasteiger partial charge on any atom is 0.260 e. The zero-order valence-corrected chi connectivity index (χ0v) is 15.7. The third kappa shape index (κ3) is 6.21. The predicted molar refractivity (Wildman–Crippen MR) is 101 cm³/mol. The van der Waals surface area contributed by atoms with Crippen molar-refractivity contribution in [1.82, 2.24) is 4.90 Å². The minimum absolute atomic E-state index is 0. The fraction of sp³-hybridized carbons (Fsp3) is 0.556. The van der Waals surface area contributed by atoms with E-state index in [0.717, 1.165) is 19.3 Å². The average Bonchev–Trinajstić information content (AvgIpc) is 3.01. The van der Waals surface area contributed by atoms with Gasteiger partial charge < -0.3 is 20.7 Å². The number of hydrogen-bond acceptors (Lipinski definition) is 4. The third-order valence-electron chi connectivity index (χ3n) is 4.42. The number of likely N-dealkylation sites (N-methyl/N-ethyl adjacent to an activating group) is 1. The fourth-order valence-corrected chi connectivity index (χ4v) is 2.98. The Morgan fingerprint density at radius 1 is 1.28 bits per heavy atom. The molecule has 0 aliphatic heterocycles. The van der Waals surface area contributed by atoms with Crippen molar-refractivity contribution in [2.24, 2.45) is 11.7 Å². The largest absolute Gasteiger partial charge is 0.484 e. The first-order valence-electron chi connectivity index (χ1n) is 8.60. The molecule has 140 valence electrons. The second kappa shape index (κ2) is 10.3. The summed E-state index contributed by atoms with van der Waals surface area (Å²) in [6, 6.07) is 7.25. The third-order valence-corrected chi connectivity index (χ3v) is 4.42. The number of anilines is 1. The van der Waals surface area contributed by atoms with E-state index < -0.39 is 0 Å². The fourth-order valence-electron chi connectivity index (χ4n) is 2.98. The molecule has 0 aromatic heterocycles. The van der Waals surface area contributed by atoms with Gasteiger partial charge in [-0.2, -0.15) is 0 Å². The van der Waals surface area contributed by atoms with Crippen LogP contribution >= 0.6 is 12.4 Å². The number of amides is 2. The molecule has 1 fully saturated rings. The van der Waals surface area contributed by atoms with E-state index in [2.05, 4.69) is 5.32 Å². The number of ether oxygens (including phenoxy) is 1. The van der Waals surface area contributed by atoms with Gasteiger partial charge in [-0.05, 0) is 45.2 Å². The van der Waals surface area contributed by atoms with Crippen LogP contribution in [0.25, 0.3) is 0 Å². The standard InChI is InChI=1S/C18H27N3O3.ClH/c1-3-21(4-2)17(22)12-24-16-7-5-6-15(11-16)20-18(23)13-8-9-14(19)10-13;/h5-7,11,13-14H,3-4,8-10,12,19H2,1-2H3,(H,20,23);1H. The Bertz CT molecular complexity index is 578. The molecular formula is C18H28ClN3O3. The summed E-state index contributed by atoms with van der Waals surface area (Å²) in [5.74, 6) is 0.499. The quantitative estimate of drug-likeness (QED) is 0.773. The number of nitrogens with one attached hydrogen (secondary N) is 1. The molecular weight excluding hydrogens is 342 g/mol. The lowest BCUT2D eigenvalue weighted by atomic mass is 10.1. The molecule has 2 amide bonds. The second-order valence-corrected chi connectivity index (χ2v) is 6.14. The highest BCUT2D eigenvalue weighted by Gasteiger charge is 2.27. The summed E-state index contributed by atoms with van der Waals surface area (Å²) in [5.41, 5.74) is 6.53. The molecule has 0 spiro atoms. The van der Waals surface area contributed by atoms with E-state index >= 15 is 0 Å². The van der Waals surface area contributed by atoms with Crippen molar-refractivity contribution in [3.63, 3.8) is 0 Å². The molecule has 1 aromatic carbocycles. The summed E-state index contributed by atoms with van der Waals surface area (Å²) in [6.45, 7) is 5.20. The first kappa shape index (κ1) is 21.3. The lowest BCUT2D eigenvalue weighted by Crippen LogP contribution is -2.34. The summed E-state index contributed by atoms with van der Waals surface area (Å²) >= 11 is 0. The Hall–Kier alpha value is -1.79. The van der Waals surface area contributed by atoms with E-state index in [0.29, 0.717) is 24.5 Å². The van der Waals surface area contributed by atoms with Crippen LogP contribution < -0.4 is 15.8 Å². The minimum Gasteiger partial charge on any atom is -0.484 e. The summed E-state index contributed by atoms with van der Waals surface area (Å²) in [7, 11) is 0. The smallest absolute Gasteiger partial charge is 0.260 e. The SMILES string of the molecule is CCN(CC)C(=O)COc1cccc(NC(=O)C2CCC(N)C2)c1.Cl. The Labute approximate surface area is 155 Å². The lowest BCUT2D eigenvalue weighted by molar-refractivity contribution is -0.133.